The molecule has 22 heavy (non-hydrogen) atoms. The Morgan fingerprint density at radius 3 is 3.09 bits per heavy atom. The van der Waals surface area contributed by atoms with E-state index in [4.69, 9.17) is 4.74 Å². The average Bonchev–Trinajstić information content (AvgIpc) is 3.12. The number of hydrogen-bond acceptors (Lipinski definition) is 4. The van der Waals surface area contributed by atoms with Crippen molar-refractivity contribution >= 4 is 23.6 Å². The summed E-state index contributed by atoms with van der Waals surface area (Å²) in [5, 5.41) is 16.1. The smallest absolute Gasteiger partial charge is 0.413 e. The predicted molar refractivity (Wildman–Crippen MR) is 82.3 cm³/mol. The first-order valence-corrected chi connectivity index (χ1v) is 7.76. The van der Waals surface area contributed by atoms with E-state index in [1.807, 2.05) is 24.3 Å². The first-order chi connectivity index (χ1) is 10.8. The molecule has 0 saturated carbocycles. The van der Waals surface area contributed by atoms with Crippen LogP contribution in [-0.2, 0) is 0 Å². The monoisotopic (exact) mass is 315 g/mol. The second-order valence-electron chi connectivity index (χ2n) is 5.02. The molecule has 112 valence electrons. The molecule has 1 unspecified atom stereocenters. The first kappa shape index (κ1) is 13.3. The number of aromatic nitrogens is 2. The van der Waals surface area contributed by atoms with Gasteiger partial charge in [0.2, 0.25) is 0 Å². The van der Waals surface area contributed by atoms with Crippen LogP contribution >= 0.6 is 11.8 Å². The van der Waals surface area contributed by atoms with Crippen LogP contribution in [0.2, 0.25) is 0 Å². The zero-order valence-corrected chi connectivity index (χ0v) is 12.3. The van der Waals surface area contributed by atoms with Gasteiger partial charge in [-0.15, -0.1) is 0 Å². The van der Waals surface area contributed by atoms with Crippen LogP contribution in [0.15, 0.2) is 41.6 Å². The number of H-pyrrole nitrogens is 1. The maximum atomic E-state index is 11.9. The molecule has 1 amide bonds. The summed E-state index contributed by atoms with van der Waals surface area (Å²) in [6.07, 6.45) is 3.14. The van der Waals surface area contributed by atoms with Crippen molar-refractivity contribution in [2.75, 3.05) is 6.61 Å². The molecule has 2 aromatic rings. The third-order valence-corrected chi connectivity index (χ3v) is 5.12. The molecule has 0 radical (unpaired) electrons. The quantitative estimate of drug-likeness (QED) is 0.844. The number of nitrogens with zero attached hydrogens (tertiary/aromatic N) is 2. The number of rotatable bonds is 1. The van der Waals surface area contributed by atoms with Gasteiger partial charge >= 0.3 is 6.09 Å². The van der Waals surface area contributed by atoms with E-state index in [2.05, 4.69) is 10.2 Å². The lowest BCUT2D eigenvalue weighted by atomic mass is 10.1. The van der Waals surface area contributed by atoms with E-state index in [0.29, 0.717) is 13.0 Å². The molecule has 4 rings (SSSR count). The summed E-state index contributed by atoms with van der Waals surface area (Å²) in [6.45, 7) is 0.550. The Morgan fingerprint density at radius 2 is 2.32 bits per heavy atom. The molecule has 7 heteroatoms. The van der Waals surface area contributed by atoms with E-state index in [1.54, 1.807) is 24.2 Å². The highest BCUT2D eigenvalue weighted by molar-refractivity contribution is 8.03. The number of fused-ring (bicyclic) bond motifs is 2. The minimum Gasteiger partial charge on any atom is -0.493 e. The van der Waals surface area contributed by atoms with Gasteiger partial charge in [0.25, 0.3) is 0 Å². The normalized spacial score (nSPS) is 20.2. The van der Waals surface area contributed by atoms with Crippen LogP contribution in [0, 0.1) is 0 Å². The summed E-state index contributed by atoms with van der Waals surface area (Å²) >= 11 is 1.55. The maximum absolute atomic E-state index is 11.9. The van der Waals surface area contributed by atoms with Gasteiger partial charge in [-0.3, -0.25) is 10.00 Å². The minimum absolute atomic E-state index is 0.313. The Kier molecular flexibility index (Phi) is 3.07. The molecular formula is C15H13N3O3S. The second kappa shape index (κ2) is 5.10. The van der Waals surface area contributed by atoms with Crippen LogP contribution in [0.3, 0.4) is 0 Å². The van der Waals surface area contributed by atoms with Crippen molar-refractivity contribution in [3.63, 3.8) is 0 Å². The molecule has 0 spiro atoms. The number of amides is 1. The molecule has 2 aliphatic rings. The standard InChI is InChI=1S/C15H13N3O3S/c19-15(20)18-13-10-3-1-2-4-11(10)21-6-5-12(13)22-14(18)9-7-16-17-8-9/h1-4,7-8,14H,5-6H2,(H,16,17)(H,19,20). The van der Waals surface area contributed by atoms with Gasteiger partial charge in [-0.25, -0.2) is 4.79 Å². The Morgan fingerprint density at radius 1 is 1.45 bits per heavy atom. The zero-order chi connectivity index (χ0) is 15.1. The van der Waals surface area contributed by atoms with Gasteiger partial charge in [-0.1, -0.05) is 23.9 Å². The number of carboxylic acid groups (broad SMARTS) is 1. The van der Waals surface area contributed by atoms with Crippen LogP contribution in [0.1, 0.15) is 22.9 Å². The molecule has 0 fully saturated rings. The van der Waals surface area contributed by atoms with E-state index in [0.717, 1.165) is 27.5 Å². The van der Waals surface area contributed by atoms with Crippen molar-refractivity contribution in [1.29, 1.82) is 0 Å². The van der Waals surface area contributed by atoms with Gasteiger partial charge in [0.15, 0.2) is 0 Å². The van der Waals surface area contributed by atoms with Crippen LogP contribution in [-0.4, -0.2) is 32.9 Å². The van der Waals surface area contributed by atoms with E-state index in [1.165, 1.54) is 4.90 Å². The number of benzene rings is 1. The summed E-state index contributed by atoms with van der Waals surface area (Å²) in [7, 11) is 0. The van der Waals surface area contributed by atoms with Gasteiger partial charge in [-0.2, -0.15) is 5.10 Å². The molecule has 0 saturated heterocycles. The number of nitrogens with one attached hydrogen (secondary N) is 1. The van der Waals surface area contributed by atoms with Crippen molar-refractivity contribution in [3.8, 4) is 5.75 Å². The van der Waals surface area contributed by atoms with E-state index in [-0.39, 0.29) is 5.37 Å². The first-order valence-electron chi connectivity index (χ1n) is 6.88. The molecule has 6 nitrogen and oxygen atoms in total. The molecule has 0 aliphatic carbocycles. The average molecular weight is 315 g/mol. The Bertz CT molecular complexity index is 757. The topological polar surface area (TPSA) is 78.4 Å². The van der Waals surface area contributed by atoms with Gasteiger partial charge in [0.1, 0.15) is 11.1 Å². The largest absolute Gasteiger partial charge is 0.493 e. The Labute approximate surface area is 130 Å². The lowest BCUT2D eigenvalue weighted by Crippen LogP contribution is -2.27. The van der Waals surface area contributed by atoms with Crippen molar-refractivity contribution in [2.24, 2.45) is 0 Å². The van der Waals surface area contributed by atoms with Gasteiger partial charge < -0.3 is 9.84 Å². The SMILES string of the molecule is O=C(O)N1C2=C(CCOc3ccccc32)SC1c1cn[nH]c1. The van der Waals surface area contributed by atoms with Crippen molar-refractivity contribution < 1.29 is 14.6 Å². The Hall–Kier alpha value is -2.41. The van der Waals surface area contributed by atoms with Crippen molar-refractivity contribution in [2.45, 2.75) is 11.8 Å². The van der Waals surface area contributed by atoms with Gasteiger partial charge in [0, 0.05) is 28.6 Å². The lowest BCUT2D eigenvalue weighted by Gasteiger charge is -2.24. The molecule has 0 bridgehead atoms. The number of para-hydroxylation sites is 1. The summed E-state index contributed by atoms with van der Waals surface area (Å²) in [4.78, 5) is 14.3. The van der Waals surface area contributed by atoms with Gasteiger partial charge in [-0.05, 0) is 12.1 Å². The number of aromatic amines is 1. The molecule has 1 aromatic heterocycles. The highest BCUT2D eigenvalue weighted by Gasteiger charge is 2.40. The number of thioether (sulfide) groups is 1. The highest BCUT2D eigenvalue weighted by atomic mass is 32.2. The number of ether oxygens (including phenoxy) is 1. The van der Waals surface area contributed by atoms with E-state index >= 15 is 0 Å². The van der Waals surface area contributed by atoms with Crippen LogP contribution < -0.4 is 4.74 Å². The lowest BCUT2D eigenvalue weighted by molar-refractivity contribution is 0.164. The molecule has 1 atom stereocenters. The van der Waals surface area contributed by atoms with Crippen molar-refractivity contribution in [1.82, 2.24) is 15.1 Å². The second-order valence-corrected chi connectivity index (χ2v) is 6.20. The van der Waals surface area contributed by atoms with Gasteiger partial charge in [0.05, 0.1) is 18.5 Å². The fourth-order valence-electron chi connectivity index (χ4n) is 2.80. The Balaban J connectivity index is 1.85. The van der Waals surface area contributed by atoms with Crippen molar-refractivity contribution in [3.05, 3.63) is 52.7 Å². The summed E-state index contributed by atoms with van der Waals surface area (Å²) < 4.78 is 5.75. The summed E-state index contributed by atoms with van der Waals surface area (Å²) in [5.74, 6) is 0.729. The molecule has 2 N–H and O–H groups in total. The fraction of sp³-hybridized carbons (Fsp3) is 0.200. The minimum atomic E-state index is -0.972. The highest BCUT2D eigenvalue weighted by Crippen LogP contribution is 2.54. The van der Waals surface area contributed by atoms with Crippen LogP contribution in [0.25, 0.3) is 5.70 Å². The molecule has 3 heterocycles. The van der Waals surface area contributed by atoms with Crippen LogP contribution in [0.4, 0.5) is 4.79 Å². The van der Waals surface area contributed by atoms with E-state index < -0.39 is 6.09 Å². The third-order valence-electron chi connectivity index (χ3n) is 3.73. The molecule has 1 aromatic carbocycles. The summed E-state index contributed by atoms with van der Waals surface area (Å²) in [5.41, 5.74) is 2.41. The number of hydrogen-bond donors (Lipinski definition) is 2. The summed E-state index contributed by atoms with van der Waals surface area (Å²) in [6, 6.07) is 7.57. The van der Waals surface area contributed by atoms with Crippen LogP contribution in [0.5, 0.6) is 5.75 Å². The third kappa shape index (κ3) is 1.97. The number of carbonyl (C=O) groups is 1. The molecule has 2 aliphatic heterocycles. The molecular weight excluding hydrogens is 302 g/mol. The predicted octanol–water partition coefficient (Wildman–Crippen LogP) is 3.29. The fourth-order valence-corrected chi connectivity index (χ4v) is 4.16. The zero-order valence-electron chi connectivity index (χ0n) is 11.5. The van der Waals surface area contributed by atoms with E-state index in [9.17, 15) is 9.90 Å². The maximum Gasteiger partial charge on any atom is 0.413 e.